The summed E-state index contributed by atoms with van der Waals surface area (Å²) in [6.45, 7) is 0.240. The van der Waals surface area contributed by atoms with Gasteiger partial charge >= 0.3 is 7.32 Å². The maximum atomic E-state index is 11.9. The van der Waals surface area contributed by atoms with E-state index in [0.717, 1.165) is 0 Å². The number of carbonyl (C=O) groups excluding carboxylic acids is 1. The van der Waals surface area contributed by atoms with Crippen LogP contribution in [0.3, 0.4) is 0 Å². The fraction of sp³-hybridized carbons (Fsp3) is 0.417. The number of unbranched alkanes of at least 4 members (excludes halogenated alkanes) is 1. The van der Waals surface area contributed by atoms with E-state index in [1.807, 2.05) is 6.07 Å². The highest BCUT2D eigenvalue weighted by Crippen LogP contribution is 2.07. The average Bonchev–Trinajstić information content (AvgIpc) is 2.38. The first kappa shape index (κ1) is 14.9. The van der Waals surface area contributed by atoms with Crippen LogP contribution in [0, 0.1) is 0 Å². The molecule has 0 spiro atoms. The average molecular weight is 251 g/mol. The second-order valence-corrected chi connectivity index (χ2v) is 4.03. The Hall–Kier alpha value is -1.21. The van der Waals surface area contributed by atoms with Crippen LogP contribution in [-0.4, -0.2) is 35.8 Å². The molecule has 0 amide bonds. The molecule has 0 radical (unpaired) electrons. The fourth-order valence-electron chi connectivity index (χ4n) is 1.60. The molecule has 0 heterocycles. The van der Waals surface area contributed by atoms with Crippen molar-refractivity contribution in [3.05, 3.63) is 35.9 Å². The zero-order valence-electron chi connectivity index (χ0n) is 10.2. The molecular weight excluding hydrogens is 233 g/mol. The Morgan fingerprint density at radius 2 is 1.94 bits per heavy atom. The Morgan fingerprint density at radius 1 is 1.28 bits per heavy atom. The van der Waals surface area contributed by atoms with E-state index in [0.29, 0.717) is 24.8 Å². The summed E-state index contributed by atoms with van der Waals surface area (Å²) in [4.78, 5) is 11.9. The van der Waals surface area contributed by atoms with E-state index in [1.54, 1.807) is 24.3 Å². The van der Waals surface area contributed by atoms with Crippen LogP contribution in [0.2, 0.25) is 0 Å². The molecule has 6 heteroatoms. The van der Waals surface area contributed by atoms with Gasteiger partial charge in [0.2, 0.25) is 0 Å². The van der Waals surface area contributed by atoms with Gasteiger partial charge in [-0.1, -0.05) is 30.3 Å². The summed E-state index contributed by atoms with van der Waals surface area (Å²) in [5.74, 6) is -0.0706. The first-order chi connectivity index (χ1) is 8.61. The highest BCUT2D eigenvalue weighted by molar-refractivity contribution is 6.32. The largest absolute Gasteiger partial charge is 0.633 e. The van der Waals surface area contributed by atoms with Crippen molar-refractivity contribution < 1.29 is 19.5 Å². The first-order valence-electron chi connectivity index (χ1n) is 5.94. The van der Waals surface area contributed by atoms with Gasteiger partial charge in [-0.3, -0.25) is 4.79 Å². The third-order valence-electron chi connectivity index (χ3n) is 2.57. The standard InChI is InChI=1S/C12H18BNO4/c14-11(8-4-5-9-18-13(16)17)12(15)10-6-2-1-3-7-10/h1-3,6-7,11,16-17H,4-5,8-9,14H2. The molecule has 5 nitrogen and oxygen atoms in total. The predicted octanol–water partition coefficient (Wildman–Crippen LogP) is 0.353. The summed E-state index contributed by atoms with van der Waals surface area (Å²) < 4.78 is 4.55. The van der Waals surface area contributed by atoms with Crippen molar-refractivity contribution in [2.45, 2.75) is 25.3 Å². The number of hydrogen-bond donors (Lipinski definition) is 3. The van der Waals surface area contributed by atoms with Gasteiger partial charge in [-0.2, -0.15) is 0 Å². The van der Waals surface area contributed by atoms with Crippen molar-refractivity contribution >= 4 is 13.1 Å². The van der Waals surface area contributed by atoms with E-state index in [4.69, 9.17) is 15.8 Å². The normalized spacial score (nSPS) is 12.2. The van der Waals surface area contributed by atoms with Crippen molar-refractivity contribution in [1.82, 2.24) is 0 Å². The van der Waals surface area contributed by atoms with Crippen molar-refractivity contribution in [3.63, 3.8) is 0 Å². The molecule has 0 aromatic heterocycles. The molecule has 4 N–H and O–H groups in total. The molecule has 0 saturated heterocycles. The van der Waals surface area contributed by atoms with Gasteiger partial charge < -0.3 is 20.4 Å². The van der Waals surface area contributed by atoms with Crippen LogP contribution in [0.4, 0.5) is 0 Å². The summed E-state index contributed by atoms with van der Waals surface area (Å²) in [6, 6.07) is 8.42. The summed E-state index contributed by atoms with van der Waals surface area (Å²) in [7, 11) is -1.73. The third kappa shape index (κ3) is 5.42. The second-order valence-electron chi connectivity index (χ2n) is 4.03. The molecule has 0 aliphatic heterocycles. The van der Waals surface area contributed by atoms with E-state index in [-0.39, 0.29) is 12.4 Å². The molecule has 0 aliphatic carbocycles. The van der Waals surface area contributed by atoms with Gasteiger partial charge in [-0.25, -0.2) is 0 Å². The van der Waals surface area contributed by atoms with Gasteiger partial charge in [-0.15, -0.1) is 0 Å². The highest BCUT2D eigenvalue weighted by atomic mass is 16.6. The molecule has 1 rings (SSSR count). The molecule has 1 atom stereocenters. The maximum absolute atomic E-state index is 11.9. The van der Waals surface area contributed by atoms with Crippen LogP contribution in [0.15, 0.2) is 30.3 Å². The molecule has 0 bridgehead atoms. The second kappa shape index (κ2) is 8.00. The molecule has 1 aromatic rings. The van der Waals surface area contributed by atoms with Gasteiger partial charge in [0.05, 0.1) is 6.04 Å². The zero-order valence-corrected chi connectivity index (χ0v) is 10.2. The molecule has 1 unspecified atom stereocenters. The van der Waals surface area contributed by atoms with Gasteiger partial charge in [0, 0.05) is 12.2 Å². The van der Waals surface area contributed by atoms with E-state index >= 15 is 0 Å². The first-order valence-corrected chi connectivity index (χ1v) is 5.94. The van der Waals surface area contributed by atoms with Gasteiger partial charge in [0.25, 0.3) is 0 Å². The Labute approximate surface area is 107 Å². The molecule has 98 valence electrons. The van der Waals surface area contributed by atoms with Crippen molar-refractivity contribution in [2.75, 3.05) is 6.61 Å². The van der Waals surface area contributed by atoms with E-state index in [9.17, 15) is 4.79 Å². The Balaban J connectivity index is 2.24. The minimum atomic E-state index is -1.73. The third-order valence-corrected chi connectivity index (χ3v) is 2.57. The number of carbonyl (C=O) groups is 1. The molecule has 18 heavy (non-hydrogen) atoms. The summed E-state index contributed by atoms with van der Waals surface area (Å²) in [6.07, 6.45) is 1.89. The number of benzene rings is 1. The minimum Gasteiger partial charge on any atom is -0.402 e. The molecule has 0 aliphatic rings. The molecular formula is C12H18BNO4. The Kier molecular flexibility index (Phi) is 6.60. The van der Waals surface area contributed by atoms with Gasteiger partial charge in [-0.05, 0) is 19.3 Å². The number of Topliss-reactive ketones (excluding diaryl/α,β-unsaturated/α-hetero) is 1. The SMILES string of the molecule is NC(CCCCOB(O)O)C(=O)c1ccccc1. The minimum absolute atomic E-state index is 0.0706. The van der Waals surface area contributed by atoms with Crippen molar-refractivity contribution in [2.24, 2.45) is 5.73 Å². The molecule has 0 fully saturated rings. The molecule has 1 aromatic carbocycles. The van der Waals surface area contributed by atoms with Gasteiger partial charge in [0.1, 0.15) is 0 Å². The van der Waals surface area contributed by atoms with Crippen LogP contribution >= 0.6 is 0 Å². The van der Waals surface area contributed by atoms with Crippen LogP contribution < -0.4 is 5.73 Å². The highest BCUT2D eigenvalue weighted by Gasteiger charge is 2.15. The van der Waals surface area contributed by atoms with E-state index in [2.05, 4.69) is 4.65 Å². The maximum Gasteiger partial charge on any atom is 0.633 e. The number of rotatable bonds is 8. The van der Waals surface area contributed by atoms with Gasteiger partial charge in [0.15, 0.2) is 5.78 Å². The number of ketones is 1. The van der Waals surface area contributed by atoms with Crippen molar-refractivity contribution in [3.8, 4) is 0 Å². The summed E-state index contributed by atoms with van der Waals surface area (Å²) in [5, 5.41) is 16.9. The van der Waals surface area contributed by atoms with Crippen LogP contribution in [0.1, 0.15) is 29.6 Å². The summed E-state index contributed by atoms with van der Waals surface area (Å²) in [5.41, 5.74) is 6.42. The Morgan fingerprint density at radius 3 is 2.56 bits per heavy atom. The number of nitrogens with two attached hydrogens (primary N) is 1. The van der Waals surface area contributed by atoms with Crippen LogP contribution in [0.5, 0.6) is 0 Å². The molecule has 0 saturated carbocycles. The van der Waals surface area contributed by atoms with E-state index in [1.165, 1.54) is 0 Å². The van der Waals surface area contributed by atoms with Crippen LogP contribution in [0.25, 0.3) is 0 Å². The lowest BCUT2D eigenvalue weighted by Gasteiger charge is -2.10. The lowest BCUT2D eigenvalue weighted by Crippen LogP contribution is -2.30. The summed E-state index contributed by atoms with van der Waals surface area (Å²) >= 11 is 0. The monoisotopic (exact) mass is 251 g/mol. The van der Waals surface area contributed by atoms with E-state index < -0.39 is 13.4 Å². The number of hydrogen-bond acceptors (Lipinski definition) is 5. The predicted molar refractivity (Wildman–Crippen MR) is 68.7 cm³/mol. The van der Waals surface area contributed by atoms with Crippen LogP contribution in [-0.2, 0) is 4.65 Å². The fourth-order valence-corrected chi connectivity index (χ4v) is 1.60. The lowest BCUT2D eigenvalue weighted by molar-refractivity contribution is 0.0954. The Bertz CT molecular complexity index is 358. The van der Waals surface area contributed by atoms with Crippen molar-refractivity contribution in [1.29, 1.82) is 0 Å². The lowest BCUT2D eigenvalue weighted by atomic mass is 10.0. The topological polar surface area (TPSA) is 92.8 Å². The quantitative estimate of drug-likeness (QED) is 0.352. The zero-order chi connectivity index (χ0) is 13.4. The smallest absolute Gasteiger partial charge is 0.402 e.